The number of terminal acetylenes is 1. The molecule has 1 heterocycles. The predicted octanol–water partition coefficient (Wildman–Crippen LogP) is 0.645. The lowest BCUT2D eigenvalue weighted by Crippen LogP contribution is -2.40. The summed E-state index contributed by atoms with van der Waals surface area (Å²) in [7, 11) is 0. The molecule has 0 aromatic carbocycles. The van der Waals surface area contributed by atoms with Crippen LogP contribution in [0.4, 0.5) is 0 Å². The molecule has 6 nitrogen and oxygen atoms in total. The first-order chi connectivity index (χ1) is 8.43. The molecule has 18 heavy (non-hydrogen) atoms. The summed E-state index contributed by atoms with van der Waals surface area (Å²) < 4.78 is 0. The van der Waals surface area contributed by atoms with E-state index in [1.54, 1.807) is 6.92 Å². The predicted molar refractivity (Wildman–Crippen MR) is 64.1 cm³/mol. The molecule has 1 aromatic rings. The van der Waals surface area contributed by atoms with Crippen LogP contribution in [0.25, 0.3) is 0 Å². The number of halogens is 1. The molecule has 0 aliphatic carbocycles. The van der Waals surface area contributed by atoms with E-state index in [1.165, 1.54) is 6.07 Å². The Hall–Kier alpha value is -2.13. The Bertz CT molecular complexity index is 505. The normalized spacial score (nSPS) is 11.4. The number of carbonyl (C=O) groups excluding carboxylic acids is 1. The van der Waals surface area contributed by atoms with Crippen molar-refractivity contribution in [3.05, 3.63) is 22.7 Å². The molecule has 0 aliphatic heterocycles. The Morgan fingerprint density at radius 1 is 1.61 bits per heavy atom. The summed E-state index contributed by atoms with van der Waals surface area (Å²) in [4.78, 5) is 30.1. The van der Waals surface area contributed by atoms with Crippen molar-refractivity contribution in [1.29, 1.82) is 0 Å². The highest BCUT2D eigenvalue weighted by atomic mass is 35.5. The van der Waals surface area contributed by atoms with Crippen LogP contribution in [0.2, 0.25) is 5.28 Å². The van der Waals surface area contributed by atoms with Crippen molar-refractivity contribution >= 4 is 23.5 Å². The van der Waals surface area contributed by atoms with Crippen LogP contribution < -0.4 is 5.32 Å². The van der Waals surface area contributed by atoms with E-state index in [2.05, 4.69) is 21.2 Å². The van der Waals surface area contributed by atoms with Crippen LogP contribution >= 0.6 is 11.6 Å². The van der Waals surface area contributed by atoms with Crippen LogP contribution in [0, 0.1) is 19.3 Å². The third-order valence-electron chi connectivity index (χ3n) is 1.98. The summed E-state index contributed by atoms with van der Waals surface area (Å²) in [6, 6.07) is 0.243. The Morgan fingerprint density at radius 3 is 2.78 bits per heavy atom. The van der Waals surface area contributed by atoms with Crippen LogP contribution in [-0.2, 0) is 4.79 Å². The van der Waals surface area contributed by atoms with Gasteiger partial charge in [-0.25, -0.2) is 14.8 Å². The Labute approximate surface area is 108 Å². The number of nitrogens with zero attached hydrogens (tertiary/aromatic N) is 2. The molecule has 1 amide bonds. The third-order valence-corrected chi connectivity index (χ3v) is 2.15. The first-order valence-corrected chi connectivity index (χ1v) is 5.30. The van der Waals surface area contributed by atoms with Gasteiger partial charge < -0.3 is 10.4 Å². The minimum absolute atomic E-state index is 0.00392. The number of hydrogen-bond acceptors (Lipinski definition) is 4. The van der Waals surface area contributed by atoms with Crippen molar-refractivity contribution in [1.82, 2.24) is 15.3 Å². The molecular weight excluding hydrogens is 258 g/mol. The molecule has 1 unspecified atom stereocenters. The molecule has 1 aromatic heterocycles. The second-order valence-corrected chi connectivity index (χ2v) is 3.77. The van der Waals surface area contributed by atoms with Gasteiger partial charge in [0.25, 0.3) is 5.91 Å². The zero-order valence-corrected chi connectivity index (χ0v) is 10.2. The van der Waals surface area contributed by atoms with Gasteiger partial charge >= 0.3 is 5.97 Å². The monoisotopic (exact) mass is 267 g/mol. The lowest BCUT2D eigenvalue weighted by molar-refractivity contribution is -0.139. The van der Waals surface area contributed by atoms with Gasteiger partial charge in [-0.15, -0.1) is 12.3 Å². The number of hydrogen-bond donors (Lipinski definition) is 2. The van der Waals surface area contributed by atoms with E-state index in [-0.39, 0.29) is 17.4 Å². The summed E-state index contributed by atoms with van der Waals surface area (Å²) in [6.07, 6.45) is 4.91. The summed E-state index contributed by atoms with van der Waals surface area (Å²) in [6.45, 7) is 1.64. The molecule has 0 radical (unpaired) electrons. The van der Waals surface area contributed by atoms with Gasteiger partial charge in [-0.2, -0.15) is 0 Å². The van der Waals surface area contributed by atoms with Crippen molar-refractivity contribution in [2.45, 2.75) is 19.4 Å². The number of aromatic nitrogens is 2. The lowest BCUT2D eigenvalue weighted by Gasteiger charge is -2.11. The van der Waals surface area contributed by atoms with Gasteiger partial charge in [-0.1, -0.05) is 0 Å². The Kier molecular flexibility index (Phi) is 4.63. The van der Waals surface area contributed by atoms with E-state index in [4.69, 9.17) is 23.1 Å². The number of carboxylic acids is 1. The smallest absolute Gasteiger partial charge is 0.327 e. The molecule has 7 heteroatoms. The van der Waals surface area contributed by atoms with Crippen molar-refractivity contribution in [3.63, 3.8) is 0 Å². The number of carbonyl (C=O) groups is 2. The Morgan fingerprint density at radius 2 is 2.28 bits per heavy atom. The van der Waals surface area contributed by atoms with Crippen LogP contribution in [0.15, 0.2) is 6.07 Å². The van der Waals surface area contributed by atoms with Gasteiger partial charge in [-0.05, 0) is 24.6 Å². The maximum Gasteiger partial charge on any atom is 0.327 e. The fourth-order valence-electron chi connectivity index (χ4n) is 1.20. The second-order valence-electron chi connectivity index (χ2n) is 3.44. The quantitative estimate of drug-likeness (QED) is 0.617. The third kappa shape index (κ3) is 3.71. The molecule has 0 saturated heterocycles. The molecule has 1 rings (SSSR count). The number of carboxylic acid groups (broad SMARTS) is 1. The van der Waals surface area contributed by atoms with Crippen LogP contribution in [0.1, 0.15) is 22.6 Å². The van der Waals surface area contributed by atoms with Gasteiger partial charge in [0.2, 0.25) is 5.28 Å². The molecule has 0 bridgehead atoms. The molecule has 0 spiro atoms. The summed E-state index contributed by atoms with van der Waals surface area (Å²) in [5.74, 6) is 0.302. The van der Waals surface area contributed by atoms with Crippen molar-refractivity contribution < 1.29 is 14.7 Å². The highest BCUT2D eigenvalue weighted by molar-refractivity contribution is 6.28. The number of aliphatic carboxylic acids is 1. The molecule has 94 valence electrons. The van der Waals surface area contributed by atoms with Gasteiger partial charge in [0.1, 0.15) is 11.7 Å². The second kappa shape index (κ2) is 5.98. The highest BCUT2D eigenvalue weighted by Gasteiger charge is 2.20. The summed E-state index contributed by atoms with van der Waals surface area (Å²) in [5, 5.41) is 11.0. The first kappa shape index (κ1) is 13.9. The van der Waals surface area contributed by atoms with Crippen molar-refractivity contribution in [2.75, 3.05) is 0 Å². The molecular formula is C11H10ClN3O3. The standard InChI is InChI=1S/C11H10ClN3O3/c1-3-4-7(10(17)18)14-9(16)8-5-6(2)13-11(12)15-8/h1,5,7H,4H2,2H3,(H,14,16)(H,17,18). The minimum Gasteiger partial charge on any atom is -0.480 e. The number of rotatable bonds is 4. The number of aryl methyl sites for hydroxylation is 1. The van der Waals surface area contributed by atoms with E-state index in [0.29, 0.717) is 5.69 Å². The van der Waals surface area contributed by atoms with E-state index in [0.717, 1.165) is 0 Å². The number of nitrogens with one attached hydrogen (secondary N) is 1. The molecule has 0 aliphatic rings. The zero-order chi connectivity index (χ0) is 13.7. The van der Waals surface area contributed by atoms with Crippen LogP contribution in [0.5, 0.6) is 0 Å². The van der Waals surface area contributed by atoms with Crippen LogP contribution in [-0.4, -0.2) is 33.0 Å². The Balaban J connectivity index is 2.87. The first-order valence-electron chi connectivity index (χ1n) is 4.92. The van der Waals surface area contributed by atoms with Crippen molar-refractivity contribution in [2.24, 2.45) is 0 Å². The van der Waals surface area contributed by atoms with Crippen LogP contribution in [0.3, 0.4) is 0 Å². The minimum atomic E-state index is -1.21. The fourth-order valence-corrected chi connectivity index (χ4v) is 1.42. The van der Waals surface area contributed by atoms with Gasteiger partial charge in [-0.3, -0.25) is 4.79 Å². The maximum atomic E-state index is 11.7. The van der Waals surface area contributed by atoms with Gasteiger partial charge in [0.05, 0.1) is 0 Å². The van der Waals surface area contributed by atoms with Gasteiger partial charge in [0.15, 0.2) is 0 Å². The lowest BCUT2D eigenvalue weighted by atomic mass is 10.2. The topological polar surface area (TPSA) is 92.2 Å². The van der Waals surface area contributed by atoms with Crippen molar-refractivity contribution in [3.8, 4) is 12.3 Å². The SMILES string of the molecule is C#CCC(NC(=O)c1cc(C)nc(Cl)n1)C(=O)O. The fraction of sp³-hybridized carbons (Fsp3) is 0.273. The molecule has 0 saturated carbocycles. The van der Waals surface area contributed by atoms with Gasteiger partial charge in [0, 0.05) is 12.1 Å². The van der Waals surface area contributed by atoms with E-state index in [9.17, 15) is 9.59 Å². The number of amides is 1. The van der Waals surface area contributed by atoms with E-state index >= 15 is 0 Å². The zero-order valence-electron chi connectivity index (χ0n) is 9.48. The summed E-state index contributed by atoms with van der Waals surface area (Å²) >= 11 is 5.60. The largest absolute Gasteiger partial charge is 0.480 e. The molecule has 1 atom stereocenters. The maximum absolute atomic E-state index is 11.7. The molecule has 0 fully saturated rings. The van der Waals surface area contributed by atoms with E-state index < -0.39 is 17.9 Å². The average Bonchev–Trinajstić information content (AvgIpc) is 2.26. The van der Waals surface area contributed by atoms with E-state index in [1.807, 2.05) is 0 Å². The molecule has 2 N–H and O–H groups in total. The summed E-state index contributed by atoms with van der Waals surface area (Å²) in [5.41, 5.74) is 0.500. The average molecular weight is 268 g/mol. The highest BCUT2D eigenvalue weighted by Crippen LogP contribution is 2.05.